The third-order valence-corrected chi connectivity index (χ3v) is 3.02. The minimum atomic E-state index is 0.406. The maximum absolute atomic E-state index is 8.89. The Morgan fingerprint density at radius 2 is 2.00 bits per heavy atom. The highest BCUT2D eigenvalue weighted by atomic mass is 16.5. The zero-order valence-corrected chi connectivity index (χ0v) is 11.5. The van der Waals surface area contributed by atoms with Gasteiger partial charge >= 0.3 is 0 Å². The van der Waals surface area contributed by atoms with E-state index >= 15 is 0 Å². The summed E-state index contributed by atoms with van der Waals surface area (Å²) in [4.78, 5) is 12.7. The number of benzene rings is 1. The normalized spacial score (nSPS) is 10.3. The second-order valence-corrected chi connectivity index (χ2v) is 4.55. The second-order valence-electron chi connectivity index (χ2n) is 4.55. The number of nitrogens with zero attached hydrogens (tertiary/aromatic N) is 5. The van der Waals surface area contributed by atoms with Crippen molar-refractivity contribution in [2.24, 2.45) is 0 Å². The molecule has 0 radical (unpaired) electrons. The summed E-state index contributed by atoms with van der Waals surface area (Å²) in [5.41, 5.74) is 2.92. The first-order valence-electron chi connectivity index (χ1n) is 6.32. The van der Waals surface area contributed by atoms with Gasteiger partial charge in [0.05, 0.1) is 11.6 Å². The van der Waals surface area contributed by atoms with Crippen molar-refractivity contribution in [1.82, 2.24) is 20.1 Å². The molecule has 6 nitrogen and oxygen atoms in total. The summed E-state index contributed by atoms with van der Waals surface area (Å²) in [6, 6.07) is 9.14. The predicted octanol–water partition coefficient (Wildman–Crippen LogP) is 2.68. The van der Waals surface area contributed by atoms with E-state index in [4.69, 9.17) is 9.78 Å². The summed E-state index contributed by atoms with van der Waals surface area (Å²) in [5.74, 6) is 1.47. The topological polar surface area (TPSA) is 88.5 Å². The van der Waals surface area contributed by atoms with Crippen molar-refractivity contribution in [2.45, 2.75) is 13.8 Å². The van der Waals surface area contributed by atoms with Gasteiger partial charge in [0.25, 0.3) is 5.89 Å². The molecule has 1 aromatic carbocycles. The van der Waals surface area contributed by atoms with Crippen LogP contribution in [0.5, 0.6) is 0 Å². The summed E-state index contributed by atoms with van der Waals surface area (Å²) >= 11 is 0. The van der Waals surface area contributed by atoms with Gasteiger partial charge in [-0.25, -0.2) is 9.97 Å². The first-order chi connectivity index (χ1) is 10.2. The van der Waals surface area contributed by atoms with E-state index in [-0.39, 0.29) is 0 Å². The number of aromatic nitrogens is 4. The van der Waals surface area contributed by atoms with E-state index in [0.717, 1.165) is 11.1 Å². The standard InChI is InChI=1S/C15H11N5O/c1-9-7-11(8-16)3-4-12(9)15-19-14(20-21-15)13-5-6-17-10(2)18-13/h3-7H,1-2H3. The molecular formula is C15H11N5O. The Kier molecular flexibility index (Phi) is 3.16. The lowest BCUT2D eigenvalue weighted by Crippen LogP contribution is -1.91. The summed E-state index contributed by atoms with van der Waals surface area (Å²) in [7, 11) is 0. The fraction of sp³-hybridized carbons (Fsp3) is 0.133. The Balaban J connectivity index is 2.01. The molecule has 2 heterocycles. The Bertz CT molecular complexity index is 847. The van der Waals surface area contributed by atoms with Crippen molar-refractivity contribution in [3.63, 3.8) is 0 Å². The zero-order chi connectivity index (χ0) is 14.8. The number of rotatable bonds is 2. The Morgan fingerprint density at radius 1 is 1.14 bits per heavy atom. The van der Waals surface area contributed by atoms with Crippen LogP contribution in [0.1, 0.15) is 17.0 Å². The quantitative estimate of drug-likeness (QED) is 0.715. The van der Waals surface area contributed by atoms with Crippen molar-refractivity contribution >= 4 is 0 Å². The van der Waals surface area contributed by atoms with Gasteiger partial charge < -0.3 is 4.52 Å². The Labute approximate surface area is 121 Å². The van der Waals surface area contributed by atoms with Crippen LogP contribution in [-0.2, 0) is 0 Å². The molecule has 21 heavy (non-hydrogen) atoms. The van der Waals surface area contributed by atoms with E-state index in [1.165, 1.54) is 0 Å². The minimum absolute atomic E-state index is 0.406. The van der Waals surface area contributed by atoms with Crippen LogP contribution in [0.4, 0.5) is 0 Å². The highest BCUT2D eigenvalue weighted by molar-refractivity contribution is 5.62. The second kappa shape index (κ2) is 5.13. The summed E-state index contributed by atoms with van der Waals surface area (Å²) in [5, 5.41) is 12.8. The molecule has 0 aliphatic rings. The van der Waals surface area contributed by atoms with Crippen LogP contribution in [0.2, 0.25) is 0 Å². The molecule has 0 spiro atoms. The minimum Gasteiger partial charge on any atom is -0.334 e. The van der Waals surface area contributed by atoms with E-state index in [9.17, 15) is 0 Å². The maximum Gasteiger partial charge on any atom is 0.258 e. The van der Waals surface area contributed by atoms with Crippen molar-refractivity contribution in [2.75, 3.05) is 0 Å². The molecular weight excluding hydrogens is 266 g/mol. The van der Waals surface area contributed by atoms with Gasteiger partial charge in [-0.3, -0.25) is 0 Å². The largest absolute Gasteiger partial charge is 0.334 e. The van der Waals surface area contributed by atoms with Gasteiger partial charge in [0.1, 0.15) is 11.5 Å². The number of aryl methyl sites for hydroxylation is 2. The van der Waals surface area contributed by atoms with Crippen molar-refractivity contribution in [3.8, 4) is 29.0 Å². The number of hydrogen-bond acceptors (Lipinski definition) is 6. The molecule has 0 bridgehead atoms. The van der Waals surface area contributed by atoms with Crippen LogP contribution in [0, 0.1) is 25.2 Å². The van der Waals surface area contributed by atoms with Crippen LogP contribution >= 0.6 is 0 Å². The first kappa shape index (κ1) is 12.9. The van der Waals surface area contributed by atoms with Crippen molar-refractivity contribution < 1.29 is 4.52 Å². The lowest BCUT2D eigenvalue weighted by molar-refractivity contribution is 0.432. The highest BCUT2D eigenvalue weighted by Gasteiger charge is 2.13. The Morgan fingerprint density at radius 3 is 2.71 bits per heavy atom. The molecule has 3 aromatic rings. The van der Waals surface area contributed by atoms with Gasteiger partial charge in [0, 0.05) is 11.8 Å². The third kappa shape index (κ3) is 2.49. The predicted molar refractivity (Wildman–Crippen MR) is 74.9 cm³/mol. The van der Waals surface area contributed by atoms with E-state index in [2.05, 4.69) is 26.2 Å². The van der Waals surface area contributed by atoms with Crippen LogP contribution in [0.25, 0.3) is 23.0 Å². The molecule has 0 atom stereocenters. The molecule has 0 aliphatic carbocycles. The van der Waals surface area contributed by atoms with Gasteiger partial charge in [-0.15, -0.1) is 0 Å². The molecule has 102 valence electrons. The zero-order valence-electron chi connectivity index (χ0n) is 11.5. The van der Waals surface area contributed by atoms with E-state index < -0.39 is 0 Å². The van der Waals surface area contributed by atoms with Crippen LogP contribution < -0.4 is 0 Å². The van der Waals surface area contributed by atoms with E-state index in [0.29, 0.717) is 28.8 Å². The highest BCUT2D eigenvalue weighted by Crippen LogP contribution is 2.24. The van der Waals surface area contributed by atoms with Crippen molar-refractivity contribution in [1.29, 1.82) is 5.26 Å². The van der Waals surface area contributed by atoms with Gasteiger partial charge in [-0.05, 0) is 43.7 Å². The third-order valence-electron chi connectivity index (χ3n) is 3.02. The summed E-state index contributed by atoms with van der Waals surface area (Å²) in [6.07, 6.45) is 1.65. The number of nitriles is 1. The van der Waals surface area contributed by atoms with Crippen molar-refractivity contribution in [3.05, 3.63) is 47.4 Å². The molecule has 0 unspecified atom stereocenters. The molecule has 0 amide bonds. The van der Waals surface area contributed by atoms with Gasteiger partial charge in [-0.1, -0.05) is 5.16 Å². The van der Waals surface area contributed by atoms with E-state index in [1.807, 2.05) is 6.92 Å². The number of hydrogen-bond donors (Lipinski definition) is 0. The molecule has 0 fully saturated rings. The monoisotopic (exact) mass is 277 g/mol. The maximum atomic E-state index is 8.89. The van der Waals surface area contributed by atoms with E-state index in [1.54, 1.807) is 37.4 Å². The van der Waals surface area contributed by atoms with Gasteiger partial charge in [-0.2, -0.15) is 10.2 Å². The fourth-order valence-electron chi connectivity index (χ4n) is 1.99. The smallest absolute Gasteiger partial charge is 0.258 e. The van der Waals surface area contributed by atoms with Crippen LogP contribution in [-0.4, -0.2) is 20.1 Å². The average molecular weight is 277 g/mol. The molecule has 3 rings (SSSR count). The summed E-state index contributed by atoms with van der Waals surface area (Å²) < 4.78 is 5.29. The van der Waals surface area contributed by atoms with Crippen LogP contribution in [0.3, 0.4) is 0 Å². The molecule has 0 aliphatic heterocycles. The molecule has 2 aromatic heterocycles. The first-order valence-corrected chi connectivity index (χ1v) is 6.32. The molecule has 6 heteroatoms. The lowest BCUT2D eigenvalue weighted by Gasteiger charge is -2.00. The molecule has 0 saturated heterocycles. The Hall–Kier alpha value is -3.07. The van der Waals surface area contributed by atoms with Gasteiger partial charge in [0.2, 0.25) is 5.82 Å². The molecule has 0 saturated carbocycles. The van der Waals surface area contributed by atoms with Gasteiger partial charge in [0.15, 0.2) is 0 Å². The average Bonchev–Trinajstić information content (AvgIpc) is 2.96. The SMILES string of the molecule is Cc1nccc(-c2noc(-c3ccc(C#N)cc3C)n2)n1. The van der Waals surface area contributed by atoms with Crippen LogP contribution in [0.15, 0.2) is 35.0 Å². The fourth-order valence-corrected chi connectivity index (χ4v) is 1.99. The summed E-state index contributed by atoms with van der Waals surface area (Å²) in [6.45, 7) is 3.70. The molecule has 0 N–H and O–H groups in total. The lowest BCUT2D eigenvalue weighted by atomic mass is 10.1.